The molecule has 1 fully saturated rings. The van der Waals surface area contributed by atoms with E-state index < -0.39 is 6.04 Å². The predicted octanol–water partition coefficient (Wildman–Crippen LogP) is 1.35. The van der Waals surface area contributed by atoms with Gasteiger partial charge in [-0.1, -0.05) is 24.3 Å². The number of fused-ring (bicyclic) bond motifs is 1. The number of likely N-dealkylation sites (tertiary alicyclic amines) is 1. The Morgan fingerprint density at radius 3 is 2.63 bits per heavy atom. The highest BCUT2D eigenvalue weighted by molar-refractivity contribution is 5.98. The standard InChI is InChI=1S/C22H25N7O/c1-28(2)16-10-29(11-16)22(30)15-6-7-17-18(9-15)26-12-27-20(17)19(23)13-4-3-5-14(8-13)21(24)25/h3-9,12,16,19H,10-11,23H2,1-2H3,(H3,24,25). The Bertz CT molecular complexity index is 1120. The number of benzene rings is 2. The van der Waals surface area contributed by atoms with E-state index in [1.54, 1.807) is 24.3 Å². The summed E-state index contributed by atoms with van der Waals surface area (Å²) >= 11 is 0. The highest BCUT2D eigenvalue weighted by atomic mass is 16.2. The van der Waals surface area contributed by atoms with Crippen LogP contribution in [0.2, 0.25) is 0 Å². The van der Waals surface area contributed by atoms with E-state index in [4.69, 9.17) is 16.9 Å². The Morgan fingerprint density at radius 2 is 1.93 bits per heavy atom. The predicted molar refractivity (Wildman–Crippen MR) is 116 cm³/mol. The third kappa shape index (κ3) is 3.62. The number of nitrogens with two attached hydrogens (primary N) is 2. The van der Waals surface area contributed by atoms with Crippen LogP contribution in [0.15, 0.2) is 48.8 Å². The zero-order valence-electron chi connectivity index (χ0n) is 17.0. The number of aromatic nitrogens is 2. The molecule has 1 atom stereocenters. The fraction of sp³-hybridized carbons (Fsp3) is 0.273. The van der Waals surface area contributed by atoms with Crippen molar-refractivity contribution in [1.29, 1.82) is 5.41 Å². The number of rotatable bonds is 5. The van der Waals surface area contributed by atoms with E-state index in [1.807, 2.05) is 37.2 Å². The number of hydrogen-bond acceptors (Lipinski definition) is 6. The van der Waals surface area contributed by atoms with Gasteiger partial charge in [0, 0.05) is 35.6 Å². The Morgan fingerprint density at radius 1 is 1.17 bits per heavy atom. The van der Waals surface area contributed by atoms with Crippen molar-refractivity contribution < 1.29 is 4.79 Å². The minimum Gasteiger partial charge on any atom is -0.384 e. The number of carbonyl (C=O) groups excluding carboxylic acids is 1. The Hall–Kier alpha value is -3.36. The van der Waals surface area contributed by atoms with Crippen molar-refractivity contribution in [3.8, 4) is 0 Å². The van der Waals surface area contributed by atoms with Crippen LogP contribution in [-0.2, 0) is 0 Å². The normalized spacial score (nSPS) is 15.3. The van der Waals surface area contributed by atoms with Crippen LogP contribution in [0, 0.1) is 5.41 Å². The van der Waals surface area contributed by atoms with Crippen molar-refractivity contribution in [3.63, 3.8) is 0 Å². The molecular formula is C22H25N7O. The fourth-order valence-corrected chi connectivity index (χ4v) is 3.65. The summed E-state index contributed by atoms with van der Waals surface area (Å²) in [4.78, 5) is 25.5. The maximum absolute atomic E-state index is 12.8. The van der Waals surface area contributed by atoms with Crippen molar-refractivity contribution in [3.05, 3.63) is 71.2 Å². The maximum atomic E-state index is 12.8. The Labute approximate surface area is 175 Å². The van der Waals surface area contributed by atoms with Gasteiger partial charge in [-0.3, -0.25) is 10.2 Å². The second-order valence-electron chi connectivity index (χ2n) is 7.84. The van der Waals surface area contributed by atoms with E-state index in [0.29, 0.717) is 28.4 Å². The molecule has 154 valence electrons. The van der Waals surface area contributed by atoms with Crippen LogP contribution in [0.3, 0.4) is 0 Å². The van der Waals surface area contributed by atoms with Crippen molar-refractivity contribution in [1.82, 2.24) is 19.8 Å². The number of carbonyl (C=O) groups is 1. The number of nitrogens with zero attached hydrogens (tertiary/aromatic N) is 4. The molecule has 1 aromatic heterocycles. The van der Waals surface area contributed by atoms with Gasteiger partial charge in [0.15, 0.2) is 0 Å². The van der Waals surface area contributed by atoms with E-state index >= 15 is 0 Å². The van der Waals surface area contributed by atoms with E-state index in [1.165, 1.54) is 6.33 Å². The first-order chi connectivity index (χ1) is 14.3. The van der Waals surface area contributed by atoms with Gasteiger partial charge in [-0.2, -0.15) is 0 Å². The molecule has 1 amide bonds. The second-order valence-corrected chi connectivity index (χ2v) is 7.84. The molecule has 8 heteroatoms. The minimum atomic E-state index is -0.507. The zero-order valence-corrected chi connectivity index (χ0v) is 17.0. The van der Waals surface area contributed by atoms with Gasteiger partial charge in [0.2, 0.25) is 0 Å². The highest BCUT2D eigenvalue weighted by Gasteiger charge is 2.32. The molecule has 0 saturated carbocycles. The first-order valence-corrected chi connectivity index (χ1v) is 9.75. The SMILES string of the molecule is CN(C)C1CN(C(=O)c2ccc3c(C(N)c4cccc(C(=N)N)c4)ncnc3c2)C1. The Kier molecular flexibility index (Phi) is 5.19. The lowest BCUT2D eigenvalue weighted by Gasteiger charge is -2.42. The first-order valence-electron chi connectivity index (χ1n) is 9.75. The topological polar surface area (TPSA) is 125 Å². The molecule has 1 aliphatic heterocycles. The number of hydrogen-bond donors (Lipinski definition) is 3. The molecular weight excluding hydrogens is 378 g/mol. The molecule has 1 aliphatic rings. The molecule has 0 bridgehead atoms. The van der Waals surface area contributed by atoms with E-state index in [0.717, 1.165) is 24.0 Å². The van der Waals surface area contributed by atoms with Gasteiger partial charge in [0.25, 0.3) is 5.91 Å². The molecule has 3 aromatic rings. The molecule has 4 rings (SSSR count). The summed E-state index contributed by atoms with van der Waals surface area (Å²) in [5, 5.41) is 8.43. The fourth-order valence-electron chi connectivity index (χ4n) is 3.65. The van der Waals surface area contributed by atoms with Crippen LogP contribution >= 0.6 is 0 Å². The van der Waals surface area contributed by atoms with Gasteiger partial charge in [-0.15, -0.1) is 0 Å². The van der Waals surface area contributed by atoms with Crippen LogP contribution in [-0.4, -0.2) is 64.7 Å². The highest BCUT2D eigenvalue weighted by Crippen LogP contribution is 2.26. The third-order valence-corrected chi connectivity index (χ3v) is 5.65. The molecule has 5 N–H and O–H groups in total. The number of likely N-dealkylation sites (N-methyl/N-ethyl adjacent to an activating group) is 1. The number of amidine groups is 1. The summed E-state index contributed by atoms with van der Waals surface area (Å²) in [5.41, 5.74) is 15.5. The largest absolute Gasteiger partial charge is 0.384 e. The maximum Gasteiger partial charge on any atom is 0.254 e. The zero-order chi connectivity index (χ0) is 21.4. The van der Waals surface area contributed by atoms with Gasteiger partial charge in [-0.05, 0) is 37.9 Å². The quantitative estimate of drug-likeness (QED) is 0.436. The molecule has 2 aromatic carbocycles. The van der Waals surface area contributed by atoms with Crippen molar-refractivity contribution >= 4 is 22.6 Å². The number of amides is 1. The monoisotopic (exact) mass is 403 g/mol. The summed E-state index contributed by atoms with van der Waals surface area (Å²) in [6, 6.07) is 12.6. The van der Waals surface area contributed by atoms with Crippen molar-refractivity contribution in [2.75, 3.05) is 27.2 Å². The van der Waals surface area contributed by atoms with Gasteiger partial charge in [0.05, 0.1) is 17.3 Å². The molecule has 30 heavy (non-hydrogen) atoms. The van der Waals surface area contributed by atoms with Gasteiger partial charge in [-0.25, -0.2) is 9.97 Å². The van der Waals surface area contributed by atoms with Gasteiger partial charge < -0.3 is 21.3 Å². The molecule has 2 heterocycles. The average molecular weight is 403 g/mol. The number of nitrogens with one attached hydrogen (secondary N) is 1. The van der Waals surface area contributed by atoms with Crippen LogP contribution in [0.4, 0.5) is 0 Å². The van der Waals surface area contributed by atoms with Crippen molar-refractivity contribution in [2.24, 2.45) is 11.5 Å². The molecule has 1 unspecified atom stereocenters. The van der Waals surface area contributed by atoms with Crippen LogP contribution in [0.5, 0.6) is 0 Å². The van der Waals surface area contributed by atoms with Crippen molar-refractivity contribution in [2.45, 2.75) is 12.1 Å². The summed E-state index contributed by atoms with van der Waals surface area (Å²) < 4.78 is 0. The summed E-state index contributed by atoms with van der Waals surface area (Å²) in [6.45, 7) is 1.46. The summed E-state index contributed by atoms with van der Waals surface area (Å²) in [7, 11) is 4.05. The second kappa shape index (κ2) is 7.81. The van der Waals surface area contributed by atoms with Crippen LogP contribution in [0.25, 0.3) is 10.9 Å². The molecule has 8 nitrogen and oxygen atoms in total. The molecule has 0 spiro atoms. The van der Waals surface area contributed by atoms with Crippen LogP contribution < -0.4 is 11.5 Å². The van der Waals surface area contributed by atoms with Crippen LogP contribution in [0.1, 0.15) is 33.2 Å². The lowest BCUT2D eigenvalue weighted by Crippen LogP contribution is -2.59. The van der Waals surface area contributed by atoms with E-state index in [-0.39, 0.29) is 11.7 Å². The summed E-state index contributed by atoms with van der Waals surface area (Å²) in [5.74, 6) is -0.00382. The van der Waals surface area contributed by atoms with E-state index in [2.05, 4.69) is 14.9 Å². The minimum absolute atomic E-state index is 0.00798. The van der Waals surface area contributed by atoms with Gasteiger partial charge in [0.1, 0.15) is 12.2 Å². The lowest BCUT2D eigenvalue weighted by atomic mass is 9.98. The lowest BCUT2D eigenvalue weighted by molar-refractivity contribution is 0.0399. The summed E-state index contributed by atoms with van der Waals surface area (Å²) in [6.07, 6.45) is 1.46. The first kappa shape index (κ1) is 19.9. The molecule has 0 aliphatic carbocycles. The Balaban J connectivity index is 1.63. The van der Waals surface area contributed by atoms with E-state index in [9.17, 15) is 4.79 Å². The average Bonchev–Trinajstić information content (AvgIpc) is 2.71. The van der Waals surface area contributed by atoms with Gasteiger partial charge >= 0.3 is 0 Å². The smallest absolute Gasteiger partial charge is 0.254 e. The third-order valence-electron chi connectivity index (χ3n) is 5.65. The number of nitrogen functional groups attached to an aromatic ring is 1. The molecule has 1 saturated heterocycles. The molecule has 0 radical (unpaired) electrons.